The second kappa shape index (κ2) is 5.34. The summed E-state index contributed by atoms with van der Waals surface area (Å²) in [6, 6.07) is 5.12. The van der Waals surface area contributed by atoms with Crippen LogP contribution in [0.1, 0.15) is 16.5 Å². The Balaban J connectivity index is 1.86. The molecule has 0 radical (unpaired) electrons. The van der Waals surface area contributed by atoms with Crippen molar-refractivity contribution in [1.29, 1.82) is 0 Å². The molecule has 0 bridgehead atoms. The second-order valence-electron chi connectivity index (χ2n) is 4.24. The van der Waals surface area contributed by atoms with Crippen LogP contribution < -0.4 is 0 Å². The van der Waals surface area contributed by atoms with Crippen LogP contribution in [0.15, 0.2) is 32.6 Å². The minimum Gasteiger partial charge on any atom is -0.507 e. The van der Waals surface area contributed by atoms with Crippen molar-refractivity contribution >= 4 is 27.3 Å². The lowest BCUT2D eigenvalue weighted by atomic mass is 10.2. The Bertz CT molecular complexity index is 754. The monoisotopic (exact) mass is 351 g/mol. The van der Waals surface area contributed by atoms with Gasteiger partial charge in [-0.05, 0) is 25.1 Å². The summed E-state index contributed by atoms with van der Waals surface area (Å²) in [7, 11) is 0. The van der Waals surface area contributed by atoms with Gasteiger partial charge in [-0.3, -0.25) is 0 Å². The summed E-state index contributed by atoms with van der Waals surface area (Å²) in [6.07, 6.45) is 0.527. The van der Waals surface area contributed by atoms with Gasteiger partial charge in [-0.15, -0.1) is 11.3 Å². The summed E-state index contributed by atoms with van der Waals surface area (Å²) in [5.74, 6) is 0.953. The molecule has 0 aliphatic carbocycles. The molecular formula is C13H10BrN3O2S. The predicted molar refractivity (Wildman–Crippen MR) is 78.8 cm³/mol. The molecule has 7 heteroatoms. The zero-order valence-electron chi connectivity index (χ0n) is 10.5. The van der Waals surface area contributed by atoms with Gasteiger partial charge >= 0.3 is 0 Å². The van der Waals surface area contributed by atoms with Gasteiger partial charge < -0.3 is 9.63 Å². The van der Waals surface area contributed by atoms with Gasteiger partial charge in [0.05, 0.1) is 12.0 Å². The highest BCUT2D eigenvalue weighted by atomic mass is 79.9. The number of thiazole rings is 1. The van der Waals surface area contributed by atoms with Gasteiger partial charge in [0.25, 0.3) is 5.89 Å². The summed E-state index contributed by atoms with van der Waals surface area (Å²) in [6.45, 7) is 1.95. The van der Waals surface area contributed by atoms with Gasteiger partial charge in [0.2, 0.25) is 0 Å². The zero-order chi connectivity index (χ0) is 14.1. The Kier molecular flexibility index (Phi) is 3.54. The standard InChI is InChI=1S/C13H10BrN3O2S/c1-7-6-20-12(15-7)5-11-16-13(19-17-11)9-3-2-8(14)4-10(9)18/h2-4,6,18H,5H2,1H3. The van der Waals surface area contributed by atoms with Crippen LogP contribution in [-0.4, -0.2) is 20.2 Å². The minimum atomic E-state index is 0.0969. The quantitative estimate of drug-likeness (QED) is 0.780. The number of phenols is 1. The Morgan fingerprint density at radius 1 is 1.35 bits per heavy atom. The molecular weight excluding hydrogens is 342 g/mol. The topological polar surface area (TPSA) is 72.0 Å². The van der Waals surface area contributed by atoms with E-state index in [1.54, 1.807) is 23.5 Å². The zero-order valence-corrected chi connectivity index (χ0v) is 12.9. The molecule has 3 aromatic rings. The van der Waals surface area contributed by atoms with Crippen molar-refractivity contribution in [2.75, 3.05) is 0 Å². The number of nitrogens with zero attached hydrogens (tertiary/aromatic N) is 3. The third-order valence-corrected chi connectivity index (χ3v) is 4.09. The Morgan fingerprint density at radius 2 is 2.20 bits per heavy atom. The number of rotatable bonds is 3. The minimum absolute atomic E-state index is 0.0969. The second-order valence-corrected chi connectivity index (χ2v) is 6.09. The van der Waals surface area contributed by atoms with Crippen LogP contribution >= 0.6 is 27.3 Å². The van der Waals surface area contributed by atoms with E-state index in [1.165, 1.54) is 0 Å². The molecule has 102 valence electrons. The molecule has 3 rings (SSSR count). The lowest BCUT2D eigenvalue weighted by molar-refractivity contribution is 0.418. The average molecular weight is 352 g/mol. The van der Waals surface area contributed by atoms with Crippen molar-refractivity contribution in [3.63, 3.8) is 0 Å². The molecule has 20 heavy (non-hydrogen) atoms. The van der Waals surface area contributed by atoms with Gasteiger partial charge in [0.15, 0.2) is 5.82 Å². The molecule has 2 aromatic heterocycles. The van der Waals surface area contributed by atoms with Gasteiger partial charge in [0.1, 0.15) is 10.8 Å². The van der Waals surface area contributed by atoms with Crippen LogP contribution in [0.25, 0.3) is 11.5 Å². The van der Waals surface area contributed by atoms with Crippen LogP contribution in [0, 0.1) is 6.92 Å². The maximum absolute atomic E-state index is 9.88. The molecule has 1 aromatic carbocycles. The SMILES string of the molecule is Cc1csc(Cc2noc(-c3ccc(Br)cc3O)n2)n1. The fourth-order valence-corrected chi connectivity index (χ4v) is 2.86. The normalized spacial score (nSPS) is 10.9. The number of aromatic hydroxyl groups is 1. The van der Waals surface area contributed by atoms with Crippen molar-refractivity contribution < 1.29 is 9.63 Å². The van der Waals surface area contributed by atoms with Gasteiger partial charge in [-0.25, -0.2) is 4.98 Å². The van der Waals surface area contributed by atoms with E-state index in [1.807, 2.05) is 18.4 Å². The van der Waals surface area contributed by atoms with Crippen molar-refractivity contribution in [2.45, 2.75) is 13.3 Å². The number of phenolic OH excluding ortho intramolecular Hbond substituents is 1. The smallest absolute Gasteiger partial charge is 0.261 e. The first kappa shape index (κ1) is 13.3. The number of hydrogen-bond donors (Lipinski definition) is 1. The van der Waals surface area contributed by atoms with E-state index >= 15 is 0 Å². The number of aromatic nitrogens is 3. The van der Waals surface area contributed by atoms with Crippen LogP contribution in [0.5, 0.6) is 5.75 Å². The van der Waals surface area contributed by atoms with E-state index in [9.17, 15) is 5.11 Å². The van der Waals surface area contributed by atoms with Crippen molar-refractivity contribution in [3.8, 4) is 17.2 Å². The van der Waals surface area contributed by atoms with Gasteiger partial charge in [-0.2, -0.15) is 4.98 Å². The van der Waals surface area contributed by atoms with Crippen LogP contribution in [-0.2, 0) is 6.42 Å². The first-order valence-corrected chi connectivity index (χ1v) is 7.51. The fourth-order valence-electron chi connectivity index (χ4n) is 1.74. The van der Waals surface area contributed by atoms with Crippen molar-refractivity contribution in [2.24, 2.45) is 0 Å². The summed E-state index contributed by atoms with van der Waals surface area (Å²) in [5, 5.41) is 16.7. The fraction of sp³-hybridized carbons (Fsp3) is 0.154. The van der Waals surface area contributed by atoms with E-state index in [4.69, 9.17) is 4.52 Å². The van der Waals surface area contributed by atoms with Gasteiger partial charge in [0, 0.05) is 15.5 Å². The van der Waals surface area contributed by atoms with E-state index in [2.05, 4.69) is 31.1 Å². The molecule has 0 amide bonds. The third-order valence-electron chi connectivity index (χ3n) is 2.63. The maximum Gasteiger partial charge on any atom is 0.261 e. The number of hydrogen-bond acceptors (Lipinski definition) is 6. The molecule has 0 atom stereocenters. The summed E-state index contributed by atoms with van der Waals surface area (Å²) < 4.78 is 5.98. The number of aryl methyl sites for hydroxylation is 1. The molecule has 5 nitrogen and oxygen atoms in total. The highest BCUT2D eigenvalue weighted by Crippen LogP contribution is 2.30. The first-order chi connectivity index (χ1) is 9.61. The van der Waals surface area contributed by atoms with Crippen LogP contribution in [0.3, 0.4) is 0 Å². The average Bonchev–Trinajstić information content (AvgIpc) is 2.99. The molecule has 0 fully saturated rings. The maximum atomic E-state index is 9.88. The molecule has 0 aliphatic rings. The molecule has 0 saturated carbocycles. The highest BCUT2D eigenvalue weighted by Gasteiger charge is 2.14. The lowest BCUT2D eigenvalue weighted by Gasteiger charge is -1.98. The Morgan fingerprint density at radius 3 is 2.90 bits per heavy atom. The molecule has 2 heterocycles. The largest absolute Gasteiger partial charge is 0.507 e. The van der Waals surface area contributed by atoms with E-state index in [0.717, 1.165) is 15.2 Å². The van der Waals surface area contributed by atoms with Crippen LogP contribution in [0.4, 0.5) is 0 Å². The molecule has 0 unspecified atom stereocenters. The van der Waals surface area contributed by atoms with Crippen molar-refractivity contribution in [3.05, 3.63) is 44.6 Å². The highest BCUT2D eigenvalue weighted by molar-refractivity contribution is 9.10. The number of halogens is 1. The lowest BCUT2D eigenvalue weighted by Crippen LogP contribution is -1.90. The first-order valence-electron chi connectivity index (χ1n) is 5.84. The molecule has 0 spiro atoms. The van der Waals surface area contributed by atoms with Crippen molar-refractivity contribution in [1.82, 2.24) is 15.1 Å². The third kappa shape index (κ3) is 2.73. The van der Waals surface area contributed by atoms with E-state index in [-0.39, 0.29) is 5.75 Å². The summed E-state index contributed by atoms with van der Waals surface area (Å²) in [5.41, 5.74) is 1.50. The summed E-state index contributed by atoms with van der Waals surface area (Å²) >= 11 is 4.85. The van der Waals surface area contributed by atoms with Gasteiger partial charge in [-0.1, -0.05) is 21.1 Å². The number of benzene rings is 1. The predicted octanol–water partition coefficient (Wildman–Crippen LogP) is 3.56. The summed E-state index contributed by atoms with van der Waals surface area (Å²) in [4.78, 5) is 8.65. The van der Waals surface area contributed by atoms with Crippen LogP contribution in [0.2, 0.25) is 0 Å². The van der Waals surface area contributed by atoms with E-state index < -0.39 is 0 Å². The molecule has 1 N–H and O–H groups in total. The molecule has 0 aliphatic heterocycles. The molecule has 0 saturated heterocycles. The Labute approximate surface area is 127 Å². The Hall–Kier alpha value is -1.73. The van der Waals surface area contributed by atoms with E-state index in [0.29, 0.717) is 23.7 Å².